The summed E-state index contributed by atoms with van der Waals surface area (Å²) >= 11 is 6.13. The van der Waals surface area contributed by atoms with Crippen molar-refractivity contribution >= 4 is 17.3 Å². The van der Waals surface area contributed by atoms with Crippen LogP contribution in [0.3, 0.4) is 0 Å². The topological polar surface area (TPSA) is 46.9 Å². The minimum absolute atomic E-state index is 0.217. The van der Waals surface area contributed by atoms with E-state index in [1.165, 1.54) is 23.9 Å². The number of allylic oxidation sites excluding steroid dienone is 1. The molecule has 1 aliphatic carbocycles. The molecule has 0 bridgehead atoms. The van der Waals surface area contributed by atoms with E-state index in [0.717, 1.165) is 6.42 Å². The SMILES string of the molecule is C=CCn1ncc(NC2CCCCC2C)c(Cl)c1=O. The fourth-order valence-corrected chi connectivity index (χ4v) is 2.75. The Morgan fingerprint density at radius 3 is 3.00 bits per heavy atom. The Kier molecular flexibility index (Phi) is 4.64. The van der Waals surface area contributed by atoms with Crippen LogP contribution in [0.5, 0.6) is 0 Å². The second kappa shape index (κ2) is 6.24. The smallest absolute Gasteiger partial charge is 0.287 e. The number of hydrogen-bond donors (Lipinski definition) is 1. The van der Waals surface area contributed by atoms with Crippen molar-refractivity contribution in [3.63, 3.8) is 0 Å². The van der Waals surface area contributed by atoms with Gasteiger partial charge in [-0.15, -0.1) is 6.58 Å². The summed E-state index contributed by atoms with van der Waals surface area (Å²) in [5.74, 6) is 0.598. The Bertz CT molecular complexity index is 512. The molecule has 1 aromatic rings. The van der Waals surface area contributed by atoms with Crippen LogP contribution in [0.15, 0.2) is 23.6 Å². The molecule has 1 fully saturated rings. The molecule has 1 saturated carbocycles. The Balaban J connectivity index is 2.19. The summed E-state index contributed by atoms with van der Waals surface area (Å²) < 4.78 is 1.31. The zero-order chi connectivity index (χ0) is 13.8. The highest BCUT2D eigenvalue weighted by molar-refractivity contribution is 6.32. The third kappa shape index (κ3) is 3.18. The monoisotopic (exact) mass is 281 g/mol. The molecular formula is C14H20ClN3O. The van der Waals surface area contributed by atoms with E-state index >= 15 is 0 Å². The van der Waals surface area contributed by atoms with Crippen molar-refractivity contribution in [1.82, 2.24) is 9.78 Å². The fourth-order valence-electron chi connectivity index (χ4n) is 2.55. The van der Waals surface area contributed by atoms with Gasteiger partial charge in [0.1, 0.15) is 5.02 Å². The third-order valence-electron chi connectivity index (χ3n) is 3.74. The molecule has 2 unspecified atom stereocenters. The van der Waals surface area contributed by atoms with Crippen LogP contribution < -0.4 is 10.9 Å². The molecule has 0 aromatic carbocycles. The van der Waals surface area contributed by atoms with Gasteiger partial charge in [-0.3, -0.25) is 4.79 Å². The molecule has 1 N–H and O–H groups in total. The van der Waals surface area contributed by atoms with Gasteiger partial charge in [0.25, 0.3) is 5.56 Å². The molecule has 2 rings (SSSR count). The van der Waals surface area contributed by atoms with Gasteiger partial charge in [-0.05, 0) is 18.8 Å². The third-order valence-corrected chi connectivity index (χ3v) is 4.10. The predicted molar refractivity (Wildman–Crippen MR) is 78.7 cm³/mol. The molecule has 0 saturated heterocycles. The fraction of sp³-hybridized carbons (Fsp3) is 0.571. The van der Waals surface area contributed by atoms with Gasteiger partial charge < -0.3 is 5.32 Å². The zero-order valence-electron chi connectivity index (χ0n) is 11.2. The van der Waals surface area contributed by atoms with Crippen molar-refractivity contribution in [3.8, 4) is 0 Å². The Labute approximate surface area is 118 Å². The van der Waals surface area contributed by atoms with Gasteiger partial charge in [0.05, 0.1) is 18.4 Å². The van der Waals surface area contributed by atoms with E-state index in [9.17, 15) is 4.79 Å². The molecule has 4 nitrogen and oxygen atoms in total. The quantitative estimate of drug-likeness (QED) is 0.863. The highest BCUT2D eigenvalue weighted by Crippen LogP contribution is 2.28. The van der Waals surface area contributed by atoms with Gasteiger partial charge in [0.15, 0.2) is 0 Å². The van der Waals surface area contributed by atoms with Crippen LogP contribution in [0.4, 0.5) is 5.69 Å². The van der Waals surface area contributed by atoms with Crippen molar-refractivity contribution in [2.45, 2.75) is 45.2 Å². The normalized spacial score (nSPS) is 23.1. The molecule has 0 spiro atoms. The number of nitrogens with one attached hydrogen (secondary N) is 1. The van der Waals surface area contributed by atoms with Crippen LogP contribution in [-0.2, 0) is 6.54 Å². The lowest BCUT2D eigenvalue weighted by atomic mass is 9.86. The molecule has 1 aliphatic rings. The van der Waals surface area contributed by atoms with Crippen molar-refractivity contribution in [3.05, 3.63) is 34.2 Å². The number of anilines is 1. The minimum Gasteiger partial charge on any atom is -0.379 e. The van der Waals surface area contributed by atoms with E-state index < -0.39 is 0 Å². The zero-order valence-corrected chi connectivity index (χ0v) is 12.0. The Morgan fingerprint density at radius 1 is 1.58 bits per heavy atom. The molecule has 0 aliphatic heterocycles. The first-order chi connectivity index (χ1) is 9.13. The van der Waals surface area contributed by atoms with E-state index in [2.05, 4.69) is 23.9 Å². The van der Waals surface area contributed by atoms with Gasteiger partial charge in [-0.25, -0.2) is 4.68 Å². The van der Waals surface area contributed by atoms with Crippen LogP contribution in [0.1, 0.15) is 32.6 Å². The van der Waals surface area contributed by atoms with Crippen LogP contribution in [0.2, 0.25) is 5.02 Å². The summed E-state index contributed by atoms with van der Waals surface area (Å²) in [5.41, 5.74) is 0.376. The number of rotatable bonds is 4. The molecule has 5 heteroatoms. The maximum absolute atomic E-state index is 12.0. The lowest BCUT2D eigenvalue weighted by Gasteiger charge is -2.30. The highest BCUT2D eigenvalue weighted by Gasteiger charge is 2.22. The summed E-state index contributed by atoms with van der Waals surface area (Å²) in [6.07, 6.45) is 8.10. The average Bonchev–Trinajstić information content (AvgIpc) is 2.41. The van der Waals surface area contributed by atoms with E-state index in [-0.39, 0.29) is 10.6 Å². The summed E-state index contributed by atoms with van der Waals surface area (Å²) in [6, 6.07) is 0.378. The van der Waals surface area contributed by atoms with Crippen molar-refractivity contribution in [2.24, 2.45) is 5.92 Å². The van der Waals surface area contributed by atoms with Crippen molar-refractivity contribution in [2.75, 3.05) is 5.32 Å². The molecule has 104 valence electrons. The van der Waals surface area contributed by atoms with E-state index in [1.54, 1.807) is 12.3 Å². The van der Waals surface area contributed by atoms with E-state index in [1.807, 2.05) is 0 Å². The molecule has 1 aromatic heterocycles. The number of halogens is 1. The standard InChI is InChI=1S/C14H20ClN3O/c1-3-8-18-14(19)13(15)12(9-16-18)17-11-7-5-4-6-10(11)2/h3,9-11,17H,1,4-8H2,2H3. The van der Waals surface area contributed by atoms with Gasteiger partial charge in [-0.1, -0.05) is 37.4 Å². The van der Waals surface area contributed by atoms with E-state index in [4.69, 9.17) is 11.6 Å². The number of hydrogen-bond acceptors (Lipinski definition) is 3. The summed E-state index contributed by atoms with van der Waals surface area (Å²) in [4.78, 5) is 12.0. The second-order valence-electron chi connectivity index (χ2n) is 5.16. The summed E-state index contributed by atoms with van der Waals surface area (Å²) in [7, 11) is 0. The van der Waals surface area contributed by atoms with E-state index in [0.29, 0.717) is 24.2 Å². The largest absolute Gasteiger partial charge is 0.379 e. The lowest BCUT2D eigenvalue weighted by Crippen LogP contribution is -2.32. The maximum Gasteiger partial charge on any atom is 0.287 e. The van der Waals surface area contributed by atoms with Gasteiger partial charge >= 0.3 is 0 Å². The number of aromatic nitrogens is 2. The molecular weight excluding hydrogens is 262 g/mol. The van der Waals surface area contributed by atoms with Crippen molar-refractivity contribution < 1.29 is 0 Å². The van der Waals surface area contributed by atoms with Crippen LogP contribution in [-0.4, -0.2) is 15.8 Å². The van der Waals surface area contributed by atoms with Crippen LogP contribution >= 0.6 is 11.6 Å². The minimum atomic E-state index is -0.268. The summed E-state index contributed by atoms with van der Waals surface area (Å²) in [5, 5.41) is 7.70. The van der Waals surface area contributed by atoms with Crippen LogP contribution in [0.25, 0.3) is 0 Å². The average molecular weight is 282 g/mol. The molecule has 2 atom stereocenters. The van der Waals surface area contributed by atoms with Gasteiger partial charge in [0.2, 0.25) is 0 Å². The first-order valence-electron chi connectivity index (χ1n) is 6.76. The first-order valence-corrected chi connectivity index (χ1v) is 7.14. The summed E-state index contributed by atoms with van der Waals surface area (Å²) in [6.45, 7) is 6.20. The molecule has 0 amide bonds. The van der Waals surface area contributed by atoms with Gasteiger partial charge in [-0.2, -0.15) is 5.10 Å². The maximum atomic E-state index is 12.0. The molecule has 0 radical (unpaired) electrons. The molecule has 1 heterocycles. The van der Waals surface area contributed by atoms with Crippen LogP contribution in [0, 0.1) is 5.92 Å². The Hall–Kier alpha value is -1.29. The van der Waals surface area contributed by atoms with Gasteiger partial charge in [0, 0.05) is 6.04 Å². The lowest BCUT2D eigenvalue weighted by molar-refractivity contribution is 0.349. The highest BCUT2D eigenvalue weighted by atomic mass is 35.5. The second-order valence-corrected chi connectivity index (χ2v) is 5.54. The Morgan fingerprint density at radius 2 is 2.32 bits per heavy atom. The predicted octanol–water partition coefficient (Wildman–Crippen LogP) is 3.07. The van der Waals surface area contributed by atoms with Crippen molar-refractivity contribution in [1.29, 1.82) is 0 Å². The first kappa shape index (κ1) is 14.1. The molecule has 19 heavy (non-hydrogen) atoms. The number of nitrogens with zero attached hydrogens (tertiary/aromatic N) is 2.